The predicted molar refractivity (Wildman–Crippen MR) is 143 cm³/mol. The van der Waals surface area contributed by atoms with Crippen LogP contribution in [-0.2, 0) is 4.79 Å². The second kappa shape index (κ2) is 9.73. The number of carbonyl (C=O) groups excluding carboxylic acids is 2. The maximum absolute atomic E-state index is 13.3. The van der Waals surface area contributed by atoms with E-state index in [1.807, 2.05) is 36.4 Å². The number of rotatable bonds is 6. The molecule has 5 rings (SSSR count). The second-order valence-electron chi connectivity index (χ2n) is 9.11. The summed E-state index contributed by atoms with van der Waals surface area (Å²) < 4.78 is 13.3. The molecule has 3 heterocycles. The van der Waals surface area contributed by atoms with Crippen LogP contribution in [0.15, 0.2) is 79.5 Å². The van der Waals surface area contributed by atoms with Crippen molar-refractivity contribution >= 4 is 34.6 Å². The molecule has 0 saturated heterocycles. The topological polar surface area (TPSA) is 90.1 Å². The highest BCUT2D eigenvalue weighted by Gasteiger charge is 2.33. The van der Waals surface area contributed by atoms with Gasteiger partial charge in [0.05, 0.1) is 16.9 Å². The summed E-state index contributed by atoms with van der Waals surface area (Å²) in [6, 6.07) is 18.8. The molecule has 37 heavy (non-hydrogen) atoms. The molecule has 3 N–H and O–H groups in total. The summed E-state index contributed by atoms with van der Waals surface area (Å²) >= 11 is 0. The molecule has 7 nitrogen and oxygen atoms in total. The number of para-hydroxylation sites is 1. The minimum absolute atomic E-state index is 0.0628. The molecule has 0 radical (unpaired) electrons. The molecule has 1 aliphatic heterocycles. The summed E-state index contributed by atoms with van der Waals surface area (Å²) in [5, 5.41) is 6.19. The predicted octanol–water partition coefficient (Wildman–Crippen LogP) is 5.80. The zero-order valence-electron chi connectivity index (χ0n) is 20.5. The van der Waals surface area contributed by atoms with Crippen LogP contribution in [0.2, 0.25) is 0 Å². The van der Waals surface area contributed by atoms with Crippen LogP contribution in [0.4, 0.5) is 21.6 Å². The maximum Gasteiger partial charge on any atom is 0.257 e. The fraction of sp³-hybridized carbons (Fsp3) is 0.138. The normalized spacial score (nSPS) is 14.7. The van der Waals surface area contributed by atoms with Crippen molar-refractivity contribution < 1.29 is 14.0 Å². The third-order valence-corrected chi connectivity index (χ3v) is 6.43. The van der Waals surface area contributed by atoms with Gasteiger partial charge in [0.2, 0.25) is 0 Å². The Morgan fingerprint density at radius 2 is 1.86 bits per heavy atom. The van der Waals surface area contributed by atoms with Gasteiger partial charge in [-0.25, -0.2) is 9.37 Å². The first-order chi connectivity index (χ1) is 17.8. The number of hydrogen-bond acceptors (Lipinski definition) is 4. The number of hydrogen-bond donors (Lipinski definition) is 3. The van der Waals surface area contributed by atoms with E-state index in [9.17, 15) is 14.0 Å². The van der Waals surface area contributed by atoms with Gasteiger partial charge in [-0.2, -0.15) is 0 Å². The van der Waals surface area contributed by atoms with Crippen molar-refractivity contribution in [1.29, 1.82) is 0 Å². The number of aromatic nitrogens is 2. The van der Waals surface area contributed by atoms with Gasteiger partial charge in [0.1, 0.15) is 11.6 Å². The van der Waals surface area contributed by atoms with Gasteiger partial charge in [-0.1, -0.05) is 43.8 Å². The van der Waals surface area contributed by atoms with E-state index in [0.29, 0.717) is 29.2 Å². The Morgan fingerprint density at radius 3 is 2.59 bits per heavy atom. The molecule has 0 saturated carbocycles. The molecule has 2 aromatic heterocycles. The minimum atomic E-state index is -0.449. The van der Waals surface area contributed by atoms with Gasteiger partial charge in [-0.15, -0.1) is 0 Å². The average molecular weight is 496 g/mol. The number of carbonyl (C=O) groups is 2. The Balaban J connectivity index is 1.51. The van der Waals surface area contributed by atoms with Crippen molar-refractivity contribution in [3.05, 3.63) is 102 Å². The molecule has 0 spiro atoms. The van der Waals surface area contributed by atoms with Crippen LogP contribution in [0.5, 0.6) is 0 Å². The number of halogens is 1. The number of pyridine rings is 1. The molecule has 4 aromatic rings. The lowest BCUT2D eigenvalue weighted by Gasteiger charge is -2.28. The number of nitrogens with one attached hydrogen (secondary N) is 3. The number of nitrogens with zero attached hydrogens (tertiary/aromatic N) is 2. The maximum atomic E-state index is 13.3. The summed E-state index contributed by atoms with van der Waals surface area (Å²) in [5.74, 6) is -0.468. The molecular formula is C29H26FN5O2. The van der Waals surface area contributed by atoms with Gasteiger partial charge in [0.25, 0.3) is 11.8 Å². The van der Waals surface area contributed by atoms with Crippen LogP contribution < -0.4 is 10.6 Å². The van der Waals surface area contributed by atoms with Crippen molar-refractivity contribution in [2.75, 3.05) is 24.2 Å². The summed E-state index contributed by atoms with van der Waals surface area (Å²) in [6.07, 6.45) is 1.59. The Kier molecular flexibility index (Phi) is 6.31. The van der Waals surface area contributed by atoms with Crippen molar-refractivity contribution in [3.63, 3.8) is 0 Å². The molecule has 0 fully saturated rings. The fourth-order valence-electron chi connectivity index (χ4n) is 4.52. The highest BCUT2D eigenvalue weighted by Crippen LogP contribution is 2.41. The van der Waals surface area contributed by atoms with E-state index in [4.69, 9.17) is 0 Å². The van der Waals surface area contributed by atoms with Gasteiger partial charge in [-0.05, 0) is 42.0 Å². The SMILES string of the molecule is C=C(C(=O)Nc1cc(-c2[nH]c3c(c2Nc2ccccc2)C(=O)N(C)CC3C)ccn1)c1ccc(F)cc1. The van der Waals surface area contributed by atoms with Gasteiger partial charge in [0.15, 0.2) is 0 Å². The van der Waals surface area contributed by atoms with Crippen LogP contribution in [0.3, 0.4) is 0 Å². The summed E-state index contributed by atoms with van der Waals surface area (Å²) in [5.41, 5.74) is 5.15. The summed E-state index contributed by atoms with van der Waals surface area (Å²) in [7, 11) is 1.80. The van der Waals surface area contributed by atoms with E-state index in [1.54, 1.807) is 24.2 Å². The van der Waals surface area contributed by atoms with E-state index in [0.717, 1.165) is 22.6 Å². The Morgan fingerprint density at radius 1 is 1.14 bits per heavy atom. The number of H-pyrrole nitrogens is 1. The third kappa shape index (κ3) is 4.73. The van der Waals surface area contributed by atoms with E-state index < -0.39 is 5.91 Å². The summed E-state index contributed by atoms with van der Waals surface area (Å²) in [6.45, 7) is 6.53. The zero-order chi connectivity index (χ0) is 26.1. The van der Waals surface area contributed by atoms with Crippen molar-refractivity contribution in [2.24, 2.45) is 0 Å². The zero-order valence-corrected chi connectivity index (χ0v) is 20.5. The fourth-order valence-corrected chi connectivity index (χ4v) is 4.52. The van der Waals surface area contributed by atoms with E-state index >= 15 is 0 Å². The van der Waals surface area contributed by atoms with Crippen LogP contribution in [0, 0.1) is 5.82 Å². The number of fused-ring (bicyclic) bond motifs is 1. The molecule has 0 aliphatic carbocycles. The lowest BCUT2D eigenvalue weighted by molar-refractivity contribution is -0.111. The first-order valence-electron chi connectivity index (χ1n) is 11.9. The number of amides is 2. The molecular weight excluding hydrogens is 469 g/mol. The third-order valence-electron chi connectivity index (χ3n) is 6.43. The van der Waals surface area contributed by atoms with Crippen LogP contribution in [-0.4, -0.2) is 40.3 Å². The second-order valence-corrected chi connectivity index (χ2v) is 9.11. The van der Waals surface area contributed by atoms with Gasteiger partial charge >= 0.3 is 0 Å². The Bertz CT molecular complexity index is 1490. The van der Waals surface area contributed by atoms with Gasteiger partial charge < -0.3 is 20.5 Å². The van der Waals surface area contributed by atoms with Gasteiger partial charge in [-0.3, -0.25) is 9.59 Å². The van der Waals surface area contributed by atoms with E-state index in [-0.39, 0.29) is 23.2 Å². The highest BCUT2D eigenvalue weighted by molar-refractivity contribution is 6.24. The largest absolute Gasteiger partial charge is 0.356 e. The Labute approximate surface area is 214 Å². The molecule has 2 amide bonds. The van der Waals surface area contributed by atoms with Crippen LogP contribution in [0.1, 0.15) is 34.5 Å². The standard InChI is InChI=1S/C29H26FN5O2/c1-17-16-35(3)29(37)24-25(17)34-26(27(24)32-22-7-5-4-6-8-22)20-13-14-31-23(15-20)33-28(36)18(2)19-9-11-21(30)12-10-19/h4-15,17,32,34H,2,16H2,1,3H3,(H,31,33,36). The number of benzene rings is 2. The van der Waals surface area contributed by atoms with Crippen molar-refractivity contribution in [1.82, 2.24) is 14.9 Å². The monoisotopic (exact) mass is 495 g/mol. The average Bonchev–Trinajstić information content (AvgIpc) is 3.28. The van der Waals surface area contributed by atoms with Crippen molar-refractivity contribution in [2.45, 2.75) is 12.8 Å². The molecule has 1 aliphatic rings. The number of aromatic amines is 1. The molecule has 186 valence electrons. The number of likely N-dealkylation sites (N-methyl/N-ethyl adjacent to an activating group) is 1. The van der Waals surface area contributed by atoms with E-state index in [1.165, 1.54) is 24.3 Å². The summed E-state index contributed by atoms with van der Waals surface area (Å²) in [4.78, 5) is 35.5. The van der Waals surface area contributed by atoms with Gasteiger partial charge in [0, 0.05) is 48.2 Å². The first kappa shape index (κ1) is 24.0. The van der Waals surface area contributed by atoms with Crippen LogP contribution in [0.25, 0.3) is 16.8 Å². The molecule has 8 heteroatoms. The smallest absolute Gasteiger partial charge is 0.257 e. The lowest BCUT2D eigenvalue weighted by Crippen LogP contribution is -2.36. The number of anilines is 3. The molecule has 2 aromatic carbocycles. The highest BCUT2D eigenvalue weighted by atomic mass is 19.1. The molecule has 1 unspecified atom stereocenters. The van der Waals surface area contributed by atoms with Crippen molar-refractivity contribution in [3.8, 4) is 11.3 Å². The van der Waals surface area contributed by atoms with E-state index in [2.05, 4.69) is 34.1 Å². The lowest BCUT2D eigenvalue weighted by atomic mass is 9.96. The quantitative estimate of drug-likeness (QED) is 0.295. The van der Waals surface area contributed by atoms with Crippen LogP contribution >= 0.6 is 0 Å². The Hall–Kier alpha value is -4.72. The minimum Gasteiger partial charge on any atom is -0.356 e. The molecule has 0 bridgehead atoms. The molecule has 1 atom stereocenters. The first-order valence-corrected chi connectivity index (χ1v) is 11.9.